The average Bonchev–Trinajstić information content (AvgIpc) is 3.38. The van der Waals surface area contributed by atoms with Crippen molar-refractivity contribution in [1.82, 2.24) is 5.32 Å². The van der Waals surface area contributed by atoms with Gasteiger partial charge in [0.05, 0.1) is 0 Å². The quantitative estimate of drug-likeness (QED) is 0.286. The molecule has 36 heavy (non-hydrogen) atoms. The highest BCUT2D eigenvalue weighted by Crippen LogP contribution is 2.29. The lowest BCUT2D eigenvalue weighted by Crippen LogP contribution is -2.45. The van der Waals surface area contributed by atoms with Gasteiger partial charge in [0.15, 0.2) is 0 Å². The number of hydrogen-bond donors (Lipinski definition) is 4. The van der Waals surface area contributed by atoms with Crippen LogP contribution in [-0.4, -0.2) is 24.5 Å². The van der Waals surface area contributed by atoms with Crippen LogP contribution in [0.4, 0.5) is 16.2 Å². The molecule has 0 heterocycles. The molecule has 188 valence electrons. The van der Waals surface area contributed by atoms with E-state index in [9.17, 15) is 9.59 Å². The highest BCUT2D eigenvalue weighted by molar-refractivity contribution is 5.99. The summed E-state index contributed by atoms with van der Waals surface area (Å²) in [5.74, 6) is 0.492. The van der Waals surface area contributed by atoms with Gasteiger partial charge in [-0.05, 0) is 92.1 Å². The van der Waals surface area contributed by atoms with Gasteiger partial charge in [-0.2, -0.15) is 0 Å². The van der Waals surface area contributed by atoms with Crippen molar-refractivity contribution < 1.29 is 14.3 Å². The zero-order valence-electron chi connectivity index (χ0n) is 20.5. The Kier molecular flexibility index (Phi) is 8.94. The van der Waals surface area contributed by atoms with E-state index in [-0.39, 0.29) is 5.91 Å². The number of ether oxygens (including phenoxy) is 1. The number of fused-ring (bicyclic) bond motifs is 1. The van der Waals surface area contributed by atoms with Crippen LogP contribution in [0.1, 0.15) is 42.4 Å². The predicted molar refractivity (Wildman–Crippen MR) is 143 cm³/mol. The second-order valence-corrected chi connectivity index (χ2v) is 9.02. The Morgan fingerprint density at radius 3 is 2.47 bits per heavy atom. The predicted octanol–water partition coefficient (Wildman–Crippen LogP) is 5.01. The standard InChI is InChI=1S/C29H34N4O3/c30-19-5-4-13-27(28(34)32-26-14-7-11-22-10-6-12-25(22)26)33-29(35)31-23-15-17-24(18-16-23)36-20-21-8-2-1-3-9-21/h1-3,7-9,11,14-18,27H,4-6,10,12-13,19-20,30H2,(H,32,34)(H2,31,33,35)/t27-/m0/s1. The summed E-state index contributed by atoms with van der Waals surface area (Å²) in [5.41, 5.74) is 10.7. The minimum atomic E-state index is -0.665. The third kappa shape index (κ3) is 7.09. The fourth-order valence-corrected chi connectivity index (χ4v) is 4.42. The minimum Gasteiger partial charge on any atom is -0.489 e. The summed E-state index contributed by atoms with van der Waals surface area (Å²) in [6.45, 7) is 1.02. The number of amides is 3. The first-order chi connectivity index (χ1) is 17.6. The van der Waals surface area contributed by atoms with Gasteiger partial charge in [0.1, 0.15) is 18.4 Å². The first-order valence-electron chi connectivity index (χ1n) is 12.6. The van der Waals surface area contributed by atoms with Crippen LogP contribution in [0, 0.1) is 0 Å². The summed E-state index contributed by atoms with van der Waals surface area (Å²) >= 11 is 0. The number of hydrogen-bond acceptors (Lipinski definition) is 4. The molecule has 0 bridgehead atoms. The fraction of sp³-hybridized carbons (Fsp3) is 0.310. The van der Waals surface area contributed by atoms with E-state index in [0.717, 1.165) is 43.4 Å². The molecule has 0 spiro atoms. The number of carbonyl (C=O) groups excluding carboxylic acids is 2. The molecule has 0 saturated heterocycles. The number of anilines is 2. The monoisotopic (exact) mass is 486 g/mol. The Morgan fingerprint density at radius 2 is 1.69 bits per heavy atom. The molecule has 3 aromatic rings. The van der Waals surface area contributed by atoms with Crippen LogP contribution in [0.15, 0.2) is 72.8 Å². The molecule has 5 N–H and O–H groups in total. The zero-order valence-corrected chi connectivity index (χ0v) is 20.5. The van der Waals surface area contributed by atoms with Crippen LogP contribution in [0.3, 0.4) is 0 Å². The van der Waals surface area contributed by atoms with Crippen molar-refractivity contribution in [1.29, 1.82) is 0 Å². The Bertz CT molecular complexity index is 1150. The van der Waals surface area contributed by atoms with Crippen LogP contribution >= 0.6 is 0 Å². The molecular formula is C29H34N4O3. The van der Waals surface area contributed by atoms with Crippen molar-refractivity contribution in [3.8, 4) is 5.75 Å². The molecule has 0 radical (unpaired) electrons. The summed E-state index contributed by atoms with van der Waals surface area (Å²) in [6, 6.07) is 22.0. The minimum absolute atomic E-state index is 0.216. The molecular weight excluding hydrogens is 452 g/mol. The van der Waals surface area contributed by atoms with Crippen molar-refractivity contribution in [2.45, 2.75) is 51.2 Å². The smallest absolute Gasteiger partial charge is 0.319 e. The molecule has 3 aromatic carbocycles. The number of unbranched alkanes of at least 4 members (excludes halogenated alkanes) is 1. The van der Waals surface area contributed by atoms with Gasteiger partial charge in [-0.3, -0.25) is 4.79 Å². The summed E-state index contributed by atoms with van der Waals surface area (Å²) in [6.07, 6.45) is 5.14. The van der Waals surface area contributed by atoms with Gasteiger partial charge in [-0.25, -0.2) is 4.79 Å². The van der Waals surface area contributed by atoms with Crippen LogP contribution in [0.25, 0.3) is 0 Å². The molecule has 0 unspecified atom stereocenters. The molecule has 7 nitrogen and oxygen atoms in total. The second kappa shape index (κ2) is 12.7. The first-order valence-corrected chi connectivity index (χ1v) is 12.6. The number of carbonyl (C=O) groups is 2. The van der Waals surface area contributed by atoms with Gasteiger partial charge < -0.3 is 26.4 Å². The van der Waals surface area contributed by atoms with Crippen LogP contribution in [-0.2, 0) is 24.2 Å². The fourth-order valence-electron chi connectivity index (χ4n) is 4.42. The van der Waals surface area contributed by atoms with Crippen LogP contribution in [0.5, 0.6) is 5.75 Å². The maximum absolute atomic E-state index is 13.1. The third-order valence-corrected chi connectivity index (χ3v) is 6.33. The van der Waals surface area contributed by atoms with Gasteiger partial charge in [-0.15, -0.1) is 0 Å². The molecule has 1 aliphatic rings. The Hall–Kier alpha value is -3.84. The third-order valence-electron chi connectivity index (χ3n) is 6.33. The lowest BCUT2D eigenvalue weighted by molar-refractivity contribution is -0.118. The number of aryl methyl sites for hydroxylation is 1. The van der Waals surface area contributed by atoms with Crippen molar-refractivity contribution in [3.63, 3.8) is 0 Å². The average molecular weight is 487 g/mol. The van der Waals surface area contributed by atoms with Gasteiger partial charge in [0.2, 0.25) is 5.91 Å². The Morgan fingerprint density at radius 1 is 0.889 bits per heavy atom. The van der Waals surface area contributed by atoms with Gasteiger partial charge in [0.25, 0.3) is 0 Å². The van der Waals surface area contributed by atoms with Gasteiger partial charge in [-0.1, -0.05) is 42.5 Å². The molecule has 0 fully saturated rings. The van der Waals surface area contributed by atoms with E-state index >= 15 is 0 Å². The van der Waals surface area contributed by atoms with E-state index in [1.54, 1.807) is 24.3 Å². The van der Waals surface area contributed by atoms with Gasteiger partial charge in [0, 0.05) is 11.4 Å². The molecule has 0 saturated carbocycles. The Balaban J connectivity index is 1.33. The second-order valence-electron chi connectivity index (χ2n) is 9.02. The molecule has 3 amide bonds. The maximum atomic E-state index is 13.1. The molecule has 1 atom stereocenters. The number of benzene rings is 3. The van der Waals surface area contributed by atoms with E-state index in [1.807, 2.05) is 42.5 Å². The number of nitrogens with two attached hydrogens (primary N) is 1. The molecule has 0 aromatic heterocycles. The van der Waals surface area contributed by atoms with Gasteiger partial charge >= 0.3 is 6.03 Å². The molecule has 7 heteroatoms. The van der Waals surface area contributed by atoms with Crippen molar-refractivity contribution in [3.05, 3.63) is 89.5 Å². The Labute approximate surface area is 212 Å². The topological polar surface area (TPSA) is 105 Å². The normalized spacial score (nSPS) is 12.9. The van der Waals surface area contributed by atoms with Crippen molar-refractivity contribution >= 4 is 23.3 Å². The summed E-state index contributed by atoms with van der Waals surface area (Å²) in [5, 5.41) is 8.70. The maximum Gasteiger partial charge on any atom is 0.319 e. The SMILES string of the molecule is NCCCC[C@H](NC(=O)Nc1ccc(OCc2ccccc2)cc1)C(=O)Nc1cccc2c1CCC2. The summed E-state index contributed by atoms with van der Waals surface area (Å²) in [4.78, 5) is 25.9. The largest absolute Gasteiger partial charge is 0.489 e. The number of urea groups is 1. The molecule has 1 aliphatic carbocycles. The summed E-state index contributed by atoms with van der Waals surface area (Å²) < 4.78 is 5.80. The molecule has 0 aliphatic heterocycles. The lowest BCUT2D eigenvalue weighted by Gasteiger charge is -2.20. The van der Waals surface area contributed by atoms with E-state index in [1.165, 1.54) is 11.1 Å². The van der Waals surface area contributed by atoms with Crippen molar-refractivity contribution in [2.24, 2.45) is 5.73 Å². The van der Waals surface area contributed by atoms with Crippen molar-refractivity contribution in [2.75, 3.05) is 17.2 Å². The van der Waals surface area contributed by atoms with E-state index in [4.69, 9.17) is 10.5 Å². The van der Waals surface area contributed by atoms with E-state index < -0.39 is 12.1 Å². The van der Waals surface area contributed by atoms with E-state index in [2.05, 4.69) is 22.0 Å². The lowest BCUT2D eigenvalue weighted by atomic mass is 10.1. The number of rotatable bonds is 11. The number of nitrogens with one attached hydrogen (secondary N) is 3. The van der Waals surface area contributed by atoms with Crippen LogP contribution < -0.4 is 26.4 Å². The highest BCUT2D eigenvalue weighted by atomic mass is 16.5. The van der Waals surface area contributed by atoms with Crippen LogP contribution in [0.2, 0.25) is 0 Å². The van der Waals surface area contributed by atoms with E-state index in [0.29, 0.717) is 31.0 Å². The summed E-state index contributed by atoms with van der Waals surface area (Å²) in [7, 11) is 0. The highest BCUT2D eigenvalue weighted by Gasteiger charge is 2.23. The zero-order chi connectivity index (χ0) is 25.2. The first kappa shape index (κ1) is 25.3. The molecule has 4 rings (SSSR count).